The van der Waals surface area contributed by atoms with Crippen LogP contribution >= 0.6 is 0 Å². The Bertz CT molecular complexity index is 521. The van der Waals surface area contributed by atoms with Gasteiger partial charge in [0.1, 0.15) is 17.7 Å². The SMILES string of the molecule is CCNC(C)Cc1cc2c(F)coc2cc1F. The third-order valence-electron chi connectivity index (χ3n) is 2.77. The van der Waals surface area contributed by atoms with Gasteiger partial charge in [0.15, 0.2) is 5.82 Å². The molecule has 17 heavy (non-hydrogen) atoms. The topological polar surface area (TPSA) is 25.2 Å². The summed E-state index contributed by atoms with van der Waals surface area (Å²) in [6.07, 6.45) is 1.53. The Balaban J connectivity index is 2.33. The van der Waals surface area contributed by atoms with E-state index in [9.17, 15) is 8.78 Å². The van der Waals surface area contributed by atoms with E-state index in [0.29, 0.717) is 17.4 Å². The van der Waals surface area contributed by atoms with Crippen LogP contribution in [0.1, 0.15) is 19.4 Å². The van der Waals surface area contributed by atoms with Crippen molar-refractivity contribution in [2.75, 3.05) is 6.54 Å². The zero-order valence-electron chi connectivity index (χ0n) is 9.89. The fourth-order valence-corrected chi connectivity index (χ4v) is 1.97. The van der Waals surface area contributed by atoms with Gasteiger partial charge in [-0.1, -0.05) is 6.92 Å². The van der Waals surface area contributed by atoms with Crippen LogP contribution in [0.2, 0.25) is 0 Å². The van der Waals surface area contributed by atoms with E-state index in [-0.39, 0.29) is 17.4 Å². The van der Waals surface area contributed by atoms with Gasteiger partial charge in [0.25, 0.3) is 0 Å². The normalized spacial score (nSPS) is 13.2. The van der Waals surface area contributed by atoms with E-state index in [1.165, 1.54) is 12.1 Å². The van der Waals surface area contributed by atoms with E-state index in [1.54, 1.807) is 0 Å². The van der Waals surface area contributed by atoms with Crippen molar-refractivity contribution in [3.05, 3.63) is 35.6 Å². The molecule has 0 bridgehead atoms. The van der Waals surface area contributed by atoms with Gasteiger partial charge in [0, 0.05) is 12.1 Å². The zero-order chi connectivity index (χ0) is 12.4. The molecule has 92 valence electrons. The summed E-state index contributed by atoms with van der Waals surface area (Å²) in [4.78, 5) is 0. The summed E-state index contributed by atoms with van der Waals surface area (Å²) in [5.74, 6) is -0.797. The maximum atomic E-state index is 13.7. The molecule has 2 nitrogen and oxygen atoms in total. The lowest BCUT2D eigenvalue weighted by Gasteiger charge is -2.12. The minimum absolute atomic E-state index is 0.155. The van der Waals surface area contributed by atoms with E-state index in [4.69, 9.17) is 4.42 Å². The van der Waals surface area contributed by atoms with Crippen LogP contribution in [0, 0.1) is 11.6 Å². The lowest BCUT2D eigenvalue weighted by molar-refractivity contribution is 0.537. The fraction of sp³-hybridized carbons (Fsp3) is 0.385. The van der Waals surface area contributed by atoms with Crippen LogP contribution in [-0.4, -0.2) is 12.6 Å². The molecule has 0 fully saturated rings. The summed E-state index contributed by atoms with van der Waals surface area (Å²) in [6, 6.07) is 2.92. The lowest BCUT2D eigenvalue weighted by atomic mass is 10.0. The van der Waals surface area contributed by atoms with E-state index >= 15 is 0 Å². The number of likely N-dealkylation sites (N-methyl/N-ethyl adjacent to an activating group) is 1. The second-order valence-corrected chi connectivity index (χ2v) is 4.19. The van der Waals surface area contributed by atoms with Crippen LogP contribution in [0.5, 0.6) is 0 Å². The first kappa shape index (κ1) is 12.0. The van der Waals surface area contributed by atoms with Gasteiger partial charge in [0.05, 0.1) is 5.39 Å². The number of halogens is 2. The van der Waals surface area contributed by atoms with Crippen LogP contribution < -0.4 is 5.32 Å². The highest BCUT2D eigenvalue weighted by Crippen LogP contribution is 2.24. The molecule has 2 aromatic rings. The molecule has 0 spiro atoms. The largest absolute Gasteiger partial charge is 0.461 e. The molecule has 0 saturated heterocycles. The van der Waals surface area contributed by atoms with Crippen molar-refractivity contribution in [2.24, 2.45) is 0 Å². The first-order chi connectivity index (χ1) is 8.11. The third-order valence-corrected chi connectivity index (χ3v) is 2.77. The number of nitrogens with one attached hydrogen (secondary N) is 1. The van der Waals surface area contributed by atoms with Crippen molar-refractivity contribution in [2.45, 2.75) is 26.3 Å². The maximum Gasteiger partial charge on any atom is 0.169 e. The number of furan rings is 1. The Labute approximate surface area is 98.6 Å². The monoisotopic (exact) mass is 239 g/mol. The number of rotatable bonds is 4. The highest BCUT2D eigenvalue weighted by Gasteiger charge is 2.13. The molecule has 0 aliphatic carbocycles. The van der Waals surface area contributed by atoms with Gasteiger partial charge >= 0.3 is 0 Å². The minimum atomic E-state index is -0.447. The van der Waals surface area contributed by atoms with Crippen LogP contribution in [0.25, 0.3) is 11.0 Å². The van der Waals surface area contributed by atoms with Crippen LogP contribution in [0.4, 0.5) is 8.78 Å². The van der Waals surface area contributed by atoms with Crippen molar-refractivity contribution < 1.29 is 13.2 Å². The standard InChI is InChI=1S/C13H15F2NO/c1-3-16-8(2)4-9-5-10-12(15)7-17-13(10)6-11(9)14/h5-8,16H,3-4H2,1-2H3. The summed E-state index contributed by atoms with van der Waals surface area (Å²) >= 11 is 0. The van der Waals surface area contributed by atoms with Crippen molar-refractivity contribution in [1.82, 2.24) is 5.32 Å². The van der Waals surface area contributed by atoms with Crippen molar-refractivity contribution in [1.29, 1.82) is 0 Å². The quantitative estimate of drug-likeness (QED) is 0.886. The summed E-state index contributed by atoms with van der Waals surface area (Å²) < 4.78 is 31.9. The van der Waals surface area contributed by atoms with Crippen LogP contribution in [-0.2, 0) is 6.42 Å². The Morgan fingerprint density at radius 2 is 2.06 bits per heavy atom. The molecule has 1 unspecified atom stereocenters. The fourth-order valence-electron chi connectivity index (χ4n) is 1.97. The van der Waals surface area contributed by atoms with Gasteiger partial charge < -0.3 is 9.73 Å². The summed E-state index contributed by atoms with van der Waals surface area (Å²) in [5, 5.41) is 3.53. The highest BCUT2D eigenvalue weighted by atomic mass is 19.1. The van der Waals surface area contributed by atoms with E-state index in [2.05, 4.69) is 5.32 Å². The molecule has 1 N–H and O–H groups in total. The van der Waals surface area contributed by atoms with Crippen molar-refractivity contribution >= 4 is 11.0 Å². The van der Waals surface area contributed by atoms with Gasteiger partial charge in [-0.25, -0.2) is 8.78 Å². The van der Waals surface area contributed by atoms with Crippen LogP contribution in [0.15, 0.2) is 22.8 Å². The van der Waals surface area contributed by atoms with Crippen LogP contribution in [0.3, 0.4) is 0 Å². The highest BCUT2D eigenvalue weighted by molar-refractivity contribution is 5.78. The zero-order valence-corrected chi connectivity index (χ0v) is 9.89. The first-order valence-corrected chi connectivity index (χ1v) is 5.70. The van der Waals surface area contributed by atoms with Gasteiger partial charge in [-0.2, -0.15) is 0 Å². The Morgan fingerprint density at radius 1 is 1.29 bits per heavy atom. The molecule has 2 rings (SSSR count). The Morgan fingerprint density at radius 3 is 2.76 bits per heavy atom. The molecule has 0 amide bonds. The average Bonchev–Trinajstić information content (AvgIpc) is 2.61. The Kier molecular flexibility index (Phi) is 3.43. The second-order valence-electron chi connectivity index (χ2n) is 4.19. The number of hydrogen-bond donors (Lipinski definition) is 1. The number of hydrogen-bond acceptors (Lipinski definition) is 2. The molecule has 1 aromatic heterocycles. The molecule has 0 aliphatic rings. The summed E-state index contributed by atoms with van der Waals surface area (Å²) in [6.45, 7) is 4.79. The maximum absolute atomic E-state index is 13.7. The Hall–Kier alpha value is -1.42. The summed E-state index contributed by atoms with van der Waals surface area (Å²) in [5.41, 5.74) is 0.756. The van der Waals surface area contributed by atoms with Crippen molar-refractivity contribution in [3.63, 3.8) is 0 Å². The number of benzene rings is 1. The van der Waals surface area contributed by atoms with Gasteiger partial charge in [-0.3, -0.25) is 0 Å². The van der Waals surface area contributed by atoms with E-state index < -0.39 is 5.82 Å². The molecule has 1 aromatic carbocycles. The molecule has 4 heteroatoms. The molecule has 0 radical (unpaired) electrons. The minimum Gasteiger partial charge on any atom is -0.461 e. The molecule has 1 atom stereocenters. The number of fused-ring (bicyclic) bond motifs is 1. The summed E-state index contributed by atoms with van der Waals surface area (Å²) in [7, 11) is 0. The average molecular weight is 239 g/mol. The predicted molar refractivity (Wildman–Crippen MR) is 63.0 cm³/mol. The smallest absolute Gasteiger partial charge is 0.169 e. The molecule has 0 aliphatic heterocycles. The van der Waals surface area contributed by atoms with Gasteiger partial charge in [0.2, 0.25) is 0 Å². The molecular formula is C13H15F2NO. The van der Waals surface area contributed by atoms with Gasteiger partial charge in [-0.05, 0) is 31.5 Å². The van der Waals surface area contributed by atoms with Crippen molar-refractivity contribution in [3.8, 4) is 0 Å². The van der Waals surface area contributed by atoms with E-state index in [1.807, 2.05) is 13.8 Å². The molecular weight excluding hydrogens is 224 g/mol. The first-order valence-electron chi connectivity index (χ1n) is 5.70. The van der Waals surface area contributed by atoms with E-state index in [0.717, 1.165) is 12.8 Å². The second kappa shape index (κ2) is 4.84. The lowest BCUT2D eigenvalue weighted by Crippen LogP contribution is -2.27. The van der Waals surface area contributed by atoms with Gasteiger partial charge in [-0.15, -0.1) is 0 Å². The molecule has 0 saturated carbocycles. The predicted octanol–water partition coefficient (Wildman–Crippen LogP) is 3.25. The molecule has 1 heterocycles. The third kappa shape index (κ3) is 2.47.